The van der Waals surface area contributed by atoms with Crippen LogP contribution in [-0.4, -0.2) is 50.3 Å². The summed E-state index contributed by atoms with van der Waals surface area (Å²) in [6.45, 7) is 10.9. The van der Waals surface area contributed by atoms with Crippen LogP contribution >= 0.6 is 0 Å². The summed E-state index contributed by atoms with van der Waals surface area (Å²) in [5.74, 6) is 0. The van der Waals surface area contributed by atoms with Crippen LogP contribution in [0.15, 0.2) is 0 Å². The van der Waals surface area contributed by atoms with Gasteiger partial charge in [-0.15, -0.1) is 0 Å². The average Bonchev–Trinajstić information content (AvgIpc) is 2.53. The van der Waals surface area contributed by atoms with Crippen LogP contribution < -0.4 is 5.32 Å². The summed E-state index contributed by atoms with van der Waals surface area (Å²) in [5.41, 5.74) is 0. The Kier molecular flexibility index (Phi) is 6.98. The summed E-state index contributed by atoms with van der Waals surface area (Å²) in [4.78, 5) is 2.50. The fraction of sp³-hybridized carbons (Fsp3) is 1.00. The van der Waals surface area contributed by atoms with E-state index in [4.69, 9.17) is 4.74 Å². The SMILES string of the molecule is CCC(CC)NCCN1CCCOCC1. The summed E-state index contributed by atoms with van der Waals surface area (Å²) in [6.07, 6.45) is 3.66. The molecule has 0 aromatic heterocycles. The molecule has 0 bridgehead atoms. The molecular formula is C12H26N2O. The minimum atomic E-state index is 0.702. The Bertz CT molecular complexity index is 141. The van der Waals surface area contributed by atoms with E-state index in [1.54, 1.807) is 0 Å². The van der Waals surface area contributed by atoms with Crippen molar-refractivity contribution in [3.05, 3.63) is 0 Å². The van der Waals surface area contributed by atoms with E-state index in [2.05, 4.69) is 24.1 Å². The number of hydrogen-bond acceptors (Lipinski definition) is 3. The van der Waals surface area contributed by atoms with Gasteiger partial charge in [-0.2, -0.15) is 0 Å². The highest BCUT2D eigenvalue weighted by Crippen LogP contribution is 1.99. The first-order valence-corrected chi connectivity index (χ1v) is 6.40. The topological polar surface area (TPSA) is 24.5 Å². The van der Waals surface area contributed by atoms with Gasteiger partial charge in [-0.3, -0.25) is 4.90 Å². The molecular weight excluding hydrogens is 188 g/mol. The van der Waals surface area contributed by atoms with Gasteiger partial charge >= 0.3 is 0 Å². The molecule has 1 fully saturated rings. The predicted octanol–water partition coefficient (Wildman–Crippen LogP) is 1.49. The summed E-state index contributed by atoms with van der Waals surface area (Å²) >= 11 is 0. The van der Waals surface area contributed by atoms with Crippen molar-refractivity contribution in [1.29, 1.82) is 0 Å². The molecule has 1 saturated heterocycles. The Labute approximate surface area is 94.2 Å². The maximum absolute atomic E-state index is 5.43. The third-order valence-electron chi connectivity index (χ3n) is 3.16. The third kappa shape index (κ3) is 5.50. The second kappa shape index (κ2) is 8.08. The molecule has 1 N–H and O–H groups in total. The third-order valence-corrected chi connectivity index (χ3v) is 3.16. The fourth-order valence-electron chi connectivity index (χ4n) is 2.03. The van der Waals surface area contributed by atoms with Crippen LogP contribution in [0, 0.1) is 0 Å². The molecule has 1 aliphatic heterocycles. The Hall–Kier alpha value is -0.120. The minimum absolute atomic E-state index is 0.702. The molecule has 3 heteroatoms. The molecule has 0 aromatic rings. The van der Waals surface area contributed by atoms with Crippen molar-refractivity contribution in [1.82, 2.24) is 10.2 Å². The lowest BCUT2D eigenvalue weighted by atomic mass is 10.2. The van der Waals surface area contributed by atoms with Crippen LogP contribution in [0.3, 0.4) is 0 Å². The zero-order chi connectivity index (χ0) is 10.9. The molecule has 1 rings (SSSR count). The standard InChI is InChI=1S/C12H26N2O/c1-3-12(4-2)13-6-8-14-7-5-10-15-11-9-14/h12-13H,3-11H2,1-2H3. The Morgan fingerprint density at radius 2 is 2.00 bits per heavy atom. The largest absolute Gasteiger partial charge is 0.380 e. The smallest absolute Gasteiger partial charge is 0.0593 e. The van der Waals surface area contributed by atoms with E-state index in [9.17, 15) is 0 Å². The summed E-state index contributed by atoms with van der Waals surface area (Å²) in [5, 5.41) is 3.60. The van der Waals surface area contributed by atoms with Gasteiger partial charge in [0.15, 0.2) is 0 Å². The van der Waals surface area contributed by atoms with Crippen molar-refractivity contribution in [3.63, 3.8) is 0 Å². The Morgan fingerprint density at radius 3 is 2.73 bits per heavy atom. The fourth-order valence-corrected chi connectivity index (χ4v) is 2.03. The maximum atomic E-state index is 5.43. The molecule has 0 aromatic carbocycles. The molecule has 15 heavy (non-hydrogen) atoms. The van der Waals surface area contributed by atoms with Gasteiger partial charge in [0.05, 0.1) is 6.61 Å². The van der Waals surface area contributed by atoms with Gasteiger partial charge in [0, 0.05) is 38.8 Å². The molecule has 0 spiro atoms. The molecule has 90 valence electrons. The lowest BCUT2D eigenvalue weighted by Crippen LogP contribution is -2.37. The lowest BCUT2D eigenvalue weighted by molar-refractivity contribution is 0.141. The van der Waals surface area contributed by atoms with E-state index in [0.717, 1.165) is 26.3 Å². The Morgan fingerprint density at radius 1 is 1.20 bits per heavy atom. The molecule has 1 heterocycles. The van der Waals surface area contributed by atoms with Crippen LogP contribution in [-0.2, 0) is 4.74 Å². The van der Waals surface area contributed by atoms with Crippen LogP contribution in [0.5, 0.6) is 0 Å². The number of nitrogens with zero attached hydrogens (tertiary/aromatic N) is 1. The van der Waals surface area contributed by atoms with Gasteiger partial charge in [0.1, 0.15) is 0 Å². The van der Waals surface area contributed by atoms with Crippen LogP contribution in [0.2, 0.25) is 0 Å². The molecule has 3 nitrogen and oxygen atoms in total. The van der Waals surface area contributed by atoms with Gasteiger partial charge in [0.25, 0.3) is 0 Å². The first kappa shape index (κ1) is 12.9. The number of nitrogens with one attached hydrogen (secondary N) is 1. The summed E-state index contributed by atoms with van der Waals surface area (Å²) < 4.78 is 5.43. The molecule has 1 aliphatic rings. The number of rotatable bonds is 6. The van der Waals surface area contributed by atoms with E-state index in [1.165, 1.54) is 32.4 Å². The quantitative estimate of drug-likeness (QED) is 0.725. The van der Waals surface area contributed by atoms with Gasteiger partial charge in [0.2, 0.25) is 0 Å². The molecule has 0 radical (unpaired) electrons. The van der Waals surface area contributed by atoms with Gasteiger partial charge in [-0.05, 0) is 19.3 Å². The number of ether oxygens (including phenoxy) is 1. The highest BCUT2D eigenvalue weighted by Gasteiger charge is 2.09. The van der Waals surface area contributed by atoms with Gasteiger partial charge in [-0.1, -0.05) is 13.8 Å². The molecule has 0 amide bonds. The van der Waals surface area contributed by atoms with E-state index in [0.29, 0.717) is 6.04 Å². The second-order valence-corrected chi connectivity index (χ2v) is 4.28. The van der Waals surface area contributed by atoms with Crippen molar-refractivity contribution in [2.45, 2.75) is 39.2 Å². The zero-order valence-electron chi connectivity index (χ0n) is 10.3. The Balaban J connectivity index is 2.07. The monoisotopic (exact) mass is 214 g/mol. The van der Waals surface area contributed by atoms with Crippen molar-refractivity contribution >= 4 is 0 Å². The van der Waals surface area contributed by atoms with Gasteiger partial charge in [-0.25, -0.2) is 0 Å². The second-order valence-electron chi connectivity index (χ2n) is 4.28. The first-order valence-electron chi connectivity index (χ1n) is 6.40. The minimum Gasteiger partial charge on any atom is -0.380 e. The van der Waals surface area contributed by atoms with Crippen LogP contribution in [0.4, 0.5) is 0 Å². The van der Waals surface area contributed by atoms with E-state index in [1.807, 2.05) is 0 Å². The van der Waals surface area contributed by atoms with Crippen LogP contribution in [0.25, 0.3) is 0 Å². The lowest BCUT2D eigenvalue weighted by Gasteiger charge is -2.21. The highest BCUT2D eigenvalue weighted by atomic mass is 16.5. The molecule has 0 aliphatic carbocycles. The molecule has 0 unspecified atom stereocenters. The van der Waals surface area contributed by atoms with E-state index >= 15 is 0 Å². The van der Waals surface area contributed by atoms with E-state index < -0.39 is 0 Å². The molecule has 0 saturated carbocycles. The van der Waals surface area contributed by atoms with Crippen molar-refractivity contribution < 1.29 is 4.74 Å². The first-order chi connectivity index (χ1) is 7.36. The van der Waals surface area contributed by atoms with Crippen molar-refractivity contribution in [2.75, 3.05) is 39.4 Å². The average molecular weight is 214 g/mol. The molecule has 0 atom stereocenters. The normalized spacial score (nSPS) is 19.4. The van der Waals surface area contributed by atoms with Crippen molar-refractivity contribution in [2.24, 2.45) is 0 Å². The maximum Gasteiger partial charge on any atom is 0.0593 e. The van der Waals surface area contributed by atoms with Crippen molar-refractivity contribution in [3.8, 4) is 0 Å². The van der Waals surface area contributed by atoms with E-state index in [-0.39, 0.29) is 0 Å². The van der Waals surface area contributed by atoms with Gasteiger partial charge < -0.3 is 10.1 Å². The number of hydrogen-bond donors (Lipinski definition) is 1. The predicted molar refractivity (Wildman–Crippen MR) is 64.2 cm³/mol. The highest BCUT2D eigenvalue weighted by molar-refractivity contribution is 4.66. The zero-order valence-corrected chi connectivity index (χ0v) is 10.3. The summed E-state index contributed by atoms with van der Waals surface area (Å²) in [7, 11) is 0. The summed E-state index contributed by atoms with van der Waals surface area (Å²) in [6, 6.07) is 0.702. The van der Waals surface area contributed by atoms with Crippen LogP contribution in [0.1, 0.15) is 33.1 Å².